The minimum absolute atomic E-state index is 0.0253. The minimum atomic E-state index is 0.0253. The maximum atomic E-state index is 8.59. The number of methoxy groups -OCH3 is 1. The molecular weight excluding hydrogens is 216 g/mol. The molecule has 0 unspecified atom stereocenters. The fourth-order valence-corrected chi connectivity index (χ4v) is 1.29. The van der Waals surface area contributed by atoms with Crippen LogP contribution in [0.2, 0.25) is 0 Å². The molecule has 17 heavy (non-hydrogen) atoms. The van der Waals surface area contributed by atoms with Crippen LogP contribution < -0.4 is 4.74 Å². The van der Waals surface area contributed by atoms with E-state index in [2.05, 4.69) is 6.58 Å². The molecular formula is C14H18O3. The maximum absolute atomic E-state index is 8.59. The van der Waals surface area contributed by atoms with E-state index in [0.717, 1.165) is 16.9 Å². The number of benzene rings is 1. The van der Waals surface area contributed by atoms with Crippen molar-refractivity contribution < 1.29 is 14.6 Å². The Bertz CT molecular complexity index is 366. The van der Waals surface area contributed by atoms with Crippen molar-refractivity contribution in [2.75, 3.05) is 20.3 Å². The van der Waals surface area contributed by atoms with Crippen molar-refractivity contribution in [2.24, 2.45) is 0 Å². The van der Waals surface area contributed by atoms with Gasteiger partial charge in [-0.15, -0.1) is 0 Å². The highest BCUT2D eigenvalue weighted by Crippen LogP contribution is 2.12. The van der Waals surface area contributed by atoms with Gasteiger partial charge in [0, 0.05) is 0 Å². The molecule has 0 spiro atoms. The maximum Gasteiger partial charge on any atom is 0.118 e. The van der Waals surface area contributed by atoms with E-state index in [1.807, 2.05) is 24.3 Å². The molecule has 3 heteroatoms. The summed E-state index contributed by atoms with van der Waals surface area (Å²) in [6.45, 7) is 4.83. The van der Waals surface area contributed by atoms with Gasteiger partial charge in [0.25, 0.3) is 0 Å². The first-order valence-corrected chi connectivity index (χ1v) is 5.42. The van der Waals surface area contributed by atoms with E-state index in [9.17, 15) is 0 Å². The number of hydrogen-bond acceptors (Lipinski definition) is 3. The molecule has 1 aromatic rings. The molecule has 0 aliphatic carbocycles. The molecule has 92 valence electrons. The summed E-state index contributed by atoms with van der Waals surface area (Å²) < 4.78 is 10.5. The quantitative estimate of drug-likeness (QED) is 0.736. The van der Waals surface area contributed by atoms with Crippen molar-refractivity contribution in [2.45, 2.75) is 6.61 Å². The van der Waals surface area contributed by atoms with Crippen LogP contribution in [0.25, 0.3) is 0 Å². The van der Waals surface area contributed by atoms with Crippen molar-refractivity contribution >= 4 is 0 Å². The molecule has 0 aliphatic heterocycles. The van der Waals surface area contributed by atoms with Gasteiger partial charge in [-0.05, 0) is 23.3 Å². The van der Waals surface area contributed by atoms with Crippen molar-refractivity contribution in [3.8, 4) is 5.75 Å². The second kappa shape index (κ2) is 7.65. The normalized spacial score (nSPS) is 10.7. The molecule has 1 rings (SSSR count). The zero-order valence-corrected chi connectivity index (χ0v) is 10.1. The summed E-state index contributed by atoms with van der Waals surface area (Å²) in [6, 6.07) is 7.73. The average molecular weight is 234 g/mol. The van der Waals surface area contributed by atoms with Gasteiger partial charge in [-0.1, -0.05) is 30.9 Å². The van der Waals surface area contributed by atoms with Crippen molar-refractivity contribution in [1.29, 1.82) is 0 Å². The largest absolute Gasteiger partial charge is 0.497 e. The Labute approximate surface area is 102 Å². The Kier molecular flexibility index (Phi) is 6.07. The number of aliphatic hydroxyl groups excluding tert-OH is 1. The summed E-state index contributed by atoms with van der Waals surface area (Å²) >= 11 is 0. The Hall–Kier alpha value is -1.58. The molecule has 0 fully saturated rings. The molecule has 1 aromatic carbocycles. The van der Waals surface area contributed by atoms with Crippen molar-refractivity contribution in [3.05, 3.63) is 54.1 Å². The minimum Gasteiger partial charge on any atom is -0.497 e. The lowest BCUT2D eigenvalue weighted by atomic mass is 10.2. The standard InChI is InChI=1S/C14H18O3/c1-12(4-3-9-15)10-17-11-13-5-7-14(16-2)8-6-13/h3-8,15H,1,9-11H2,2H3/b4-3+. The first kappa shape index (κ1) is 13.5. The zero-order valence-electron chi connectivity index (χ0n) is 10.1. The van der Waals surface area contributed by atoms with Gasteiger partial charge in [0.1, 0.15) is 5.75 Å². The predicted molar refractivity (Wildman–Crippen MR) is 68.0 cm³/mol. The third-order valence-electron chi connectivity index (χ3n) is 2.17. The van der Waals surface area contributed by atoms with E-state index in [1.165, 1.54) is 0 Å². The predicted octanol–water partition coefficient (Wildman–Crippen LogP) is 2.32. The zero-order chi connectivity index (χ0) is 12.5. The van der Waals surface area contributed by atoms with Gasteiger partial charge in [-0.3, -0.25) is 0 Å². The van der Waals surface area contributed by atoms with Crippen molar-refractivity contribution in [3.63, 3.8) is 0 Å². The van der Waals surface area contributed by atoms with Crippen LogP contribution in [0.1, 0.15) is 5.56 Å². The van der Waals surface area contributed by atoms with Crippen LogP contribution in [0, 0.1) is 0 Å². The molecule has 0 heterocycles. The van der Waals surface area contributed by atoms with E-state index < -0.39 is 0 Å². The van der Waals surface area contributed by atoms with Gasteiger partial charge in [-0.2, -0.15) is 0 Å². The van der Waals surface area contributed by atoms with Crippen LogP contribution >= 0.6 is 0 Å². The molecule has 0 saturated heterocycles. The van der Waals surface area contributed by atoms with Crippen LogP contribution in [-0.2, 0) is 11.3 Å². The molecule has 3 nitrogen and oxygen atoms in total. The lowest BCUT2D eigenvalue weighted by Gasteiger charge is -2.05. The summed E-state index contributed by atoms with van der Waals surface area (Å²) in [5.74, 6) is 0.837. The lowest BCUT2D eigenvalue weighted by Crippen LogP contribution is -1.96. The van der Waals surface area contributed by atoms with Crippen LogP contribution in [0.5, 0.6) is 5.75 Å². The highest BCUT2D eigenvalue weighted by molar-refractivity contribution is 5.26. The smallest absolute Gasteiger partial charge is 0.118 e. The molecule has 0 atom stereocenters. The van der Waals surface area contributed by atoms with E-state index in [0.29, 0.717) is 13.2 Å². The topological polar surface area (TPSA) is 38.7 Å². The Morgan fingerprint density at radius 3 is 2.65 bits per heavy atom. The van der Waals surface area contributed by atoms with E-state index in [-0.39, 0.29) is 6.61 Å². The van der Waals surface area contributed by atoms with Gasteiger partial charge in [0.2, 0.25) is 0 Å². The van der Waals surface area contributed by atoms with E-state index >= 15 is 0 Å². The van der Waals surface area contributed by atoms with Gasteiger partial charge in [0.05, 0.1) is 26.9 Å². The average Bonchev–Trinajstić information content (AvgIpc) is 2.37. The van der Waals surface area contributed by atoms with Crippen molar-refractivity contribution in [1.82, 2.24) is 0 Å². The van der Waals surface area contributed by atoms with Gasteiger partial charge >= 0.3 is 0 Å². The number of hydrogen-bond donors (Lipinski definition) is 1. The van der Waals surface area contributed by atoms with Crippen LogP contribution in [0.3, 0.4) is 0 Å². The van der Waals surface area contributed by atoms with Gasteiger partial charge < -0.3 is 14.6 Å². The molecule has 0 aliphatic rings. The molecule has 0 aromatic heterocycles. The van der Waals surface area contributed by atoms with Crippen LogP contribution in [0.15, 0.2) is 48.6 Å². The fourth-order valence-electron chi connectivity index (χ4n) is 1.29. The monoisotopic (exact) mass is 234 g/mol. The highest BCUT2D eigenvalue weighted by atomic mass is 16.5. The molecule has 0 bridgehead atoms. The number of ether oxygens (including phenoxy) is 2. The fraction of sp³-hybridized carbons (Fsp3) is 0.286. The third kappa shape index (κ3) is 5.33. The molecule has 1 N–H and O–H groups in total. The van der Waals surface area contributed by atoms with E-state index in [1.54, 1.807) is 19.3 Å². The third-order valence-corrected chi connectivity index (χ3v) is 2.17. The first-order chi connectivity index (χ1) is 8.26. The Morgan fingerprint density at radius 2 is 2.06 bits per heavy atom. The van der Waals surface area contributed by atoms with Crippen LogP contribution in [-0.4, -0.2) is 25.4 Å². The Morgan fingerprint density at radius 1 is 1.35 bits per heavy atom. The molecule has 0 amide bonds. The second-order valence-corrected chi connectivity index (χ2v) is 3.58. The number of aliphatic hydroxyl groups is 1. The SMILES string of the molecule is C=C(/C=C/CO)COCc1ccc(OC)cc1. The summed E-state index contributed by atoms with van der Waals surface area (Å²) in [4.78, 5) is 0. The summed E-state index contributed by atoms with van der Waals surface area (Å²) in [5.41, 5.74) is 1.93. The summed E-state index contributed by atoms with van der Waals surface area (Å²) in [7, 11) is 1.64. The van der Waals surface area contributed by atoms with Crippen LogP contribution in [0.4, 0.5) is 0 Å². The Balaban J connectivity index is 2.30. The highest BCUT2D eigenvalue weighted by Gasteiger charge is 1.95. The van der Waals surface area contributed by atoms with E-state index in [4.69, 9.17) is 14.6 Å². The summed E-state index contributed by atoms with van der Waals surface area (Å²) in [6.07, 6.45) is 3.40. The molecule has 0 saturated carbocycles. The number of rotatable bonds is 7. The second-order valence-electron chi connectivity index (χ2n) is 3.58. The first-order valence-electron chi connectivity index (χ1n) is 5.42. The summed E-state index contributed by atoms with van der Waals surface area (Å²) in [5, 5.41) is 8.59. The lowest BCUT2D eigenvalue weighted by molar-refractivity contribution is 0.144. The van der Waals surface area contributed by atoms with Gasteiger partial charge in [-0.25, -0.2) is 0 Å². The van der Waals surface area contributed by atoms with Gasteiger partial charge in [0.15, 0.2) is 0 Å². The molecule has 0 radical (unpaired) electrons.